The molecule has 0 aliphatic heterocycles. The maximum atomic E-state index is 5.99. The van der Waals surface area contributed by atoms with Gasteiger partial charge in [-0.15, -0.1) is 0 Å². The molecule has 0 atom stereocenters. The largest absolute Gasteiger partial charge is 0.370 e. The SMILES string of the molecule is CCNc1cc(Nc2ccc(Cl)c(Br)c2)nc(CC)n1. The Morgan fingerprint density at radius 3 is 2.55 bits per heavy atom. The van der Waals surface area contributed by atoms with Gasteiger partial charge in [-0.2, -0.15) is 0 Å². The Kier molecular flexibility index (Phi) is 5.20. The Balaban J connectivity index is 2.27. The van der Waals surface area contributed by atoms with Crippen LogP contribution in [0, 0.1) is 0 Å². The zero-order valence-corrected chi connectivity index (χ0v) is 13.7. The first-order valence-electron chi connectivity index (χ1n) is 6.46. The highest BCUT2D eigenvalue weighted by atomic mass is 79.9. The highest BCUT2D eigenvalue weighted by Crippen LogP contribution is 2.27. The van der Waals surface area contributed by atoms with E-state index in [0.29, 0.717) is 5.02 Å². The molecule has 0 saturated heterocycles. The zero-order valence-electron chi connectivity index (χ0n) is 11.4. The lowest BCUT2D eigenvalue weighted by molar-refractivity contribution is 0.939. The molecule has 2 N–H and O–H groups in total. The van der Waals surface area contributed by atoms with E-state index < -0.39 is 0 Å². The minimum absolute atomic E-state index is 0.681. The molecule has 20 heavy (non-hydrogen) atoms. The lowest BCUT2D eigenvalue weighted by Crippen LogP contribution is -2.05. The van der Waals surface area contributed by atoms with Crippen molar-refractivity contribution in [1.82, 2.24) is 9.97 Å². The summed E-state index contributed by atoms with van der Waals surface area (Å²) >= 11 is 9.40. The summed E-state index contributed by atoms with van der Waals surface area (Å²) in [5.74, 6) is 2.40. The van der Waals surface area contributed by atoms with Crippen molar-refractivity contribution in [2.45, 2.75) is 20.3 Å². The number of nitrogens with zero attached hydrogens (tertiary/aromatic N) is 2. The fourth-order valence-corrected chi connectivity index (χ4v) is 2.21. The van der Waals surface area contributed by atoms with Gasteiger partial charge in [-0.25, -0.2) is 9.97 Å². The van der Waals surface area contributed by atoms with Crippen molar-refractivity contribution in [2.24, 2.45) is 0 Å². The van der Waals surface area contributed by atoms with Gasteiger partial charge in [0.15, 0.2) is 0 Å². The van der Waals surface area contributed by atoms with E-state index in [1.165, 1.54) is 0 Å². The average Bonchev–Trinajstić information content (AvgIpc) is 2.43. The van der Waals surface area contributed by atoms with Crippen LogP contribution in [0.2, 0.25) is 5.02 Å². The Morgan fingerprint density at radius 2 is 1.90 bits per heavy atom. The maximum Gasteiger partial charge on any atom is 0.136 e. The van der Waals surface area contributed by atoms with Gasteiger partial charge < -0.3 is 10.6 Å². The van der Waals surface area contributed by atoms with Crippen molar-refractivity contribution in [2.75, 3.05) is 17.2 Å². The first-order valence-corrected chi connectivity index (χ1v) is 7.63. The zero-order chi connectivity index (χ0) is 14.5. The van der Waals surface area contributed by atoms with Gasteiger partial charge in [-0.05, 0) is 41.1 Å². The molecule has 1 heterocycles. The fraction of sp³-hybridized carbons (Fsp3) is 0.286. The second-order valence-electron chi connectivity index (χ2n) is 4.19. The summed E-state index contributed by atoms with van der Waals surface area (Å²) < 4.78 is 0.848. The standard InChI is InChI=1S/C14H16BrClN4/c1-3-12-19-13(17-4-2)8-14(20-12)18-9-5-6-11(16)10(15)7-9/h5-8H,3-4H2,1-2H3,(H2,17,18,19,20). The van der Waals surface area contributed by atoms with Gasteiger partial charge in [0.25, 0.3) is 0 Å². The normalized spacial score (nSPS) is 10.4. The third kappa shape index (κ3) is 3.84. The highest BCUT2D eigenvalue weighted by Gasteiger charge is 2.05. The van der Waals surface area contributed by atoms with Crippen molar-refractivity contribution in [1.29, 1.82) is 0 Å². The van der Waals surface area contributed by atoms with Gasteiger partial charge >= 0.3 is 0 Å². The average molecular weight is 356 g/mol. The number of hydrogen-bond acceptors (Lipinski definition) is 4. The molecule has 0 amide bonds. The van der Waals surface area contributed by atoms with E-state index >= 15 is 0 Å². The van der Waals surface area contributed by atoms with Crippen molar-refractivity contribution in [3.8, 4) is 0 Å². The van der Waals surface area contributed by atoms with Crippen LogP contribution in [-0.2, 0) is 6.42 Å². The lowest BCUT2D eigenvalue weighted by atomic mass is 10.3. The second-order valence-corrected chi connectivity index (χ2v) is 5.45. The van der Waals surface area contributed by atoms with Gasteiger partial charge in [0.1, 0.15) is 17.5 Å². The molecule has 0 aliphatic carbocycles. The molecule has 2 rings (SSSR count). The molecule has 0 radical (unpaired) electrons. The number of benzene rings is 1. The summed E-state index contributed by atoms with van der Waals surface area (Å²) in [6.07, 6.45) is 0.790. The van der Waals surface area contributed by atoms with E-state index in [9.17, 15) is 0 Å². The Hall–Kier alpha value is -1.33. The quantitative estimate of drug-likeness (QED) is 0.821. The molecule has 106 valence electrons. The summed E-state index contributed by atoms with van der Waals surface area (Å²) in [5, 5.41) is 7.15. The van der Waals surface area contributed by atoms with Crippen LogP contribution in [0.3, 0.4) is 0 Å². The number of halogens is 2. The molecule has 1 aromatic carbocycles. The lowest BCUT2D eigenvalue weighted by Gasteiger charge is -2.10. The summed E-state index contributed by atoms with van der Waals surface area (Å²) in [5.41, 5.74) is 0.921. The van der Waals surface area contributed by atoms with Crippen LogP contribution >= 0.6 is 27.5 Å². The predicted molar refractivity (Wildman–Crippen MR) is 88.0 cm³/mol. The fourth-order valence-electron chi connectivity index (χ4n) is 1.71. The molecule has 1 aromatic heterocycles. The molecule has 0 saturated carbocycles. The molecule has 0 aliphatic rings. The number of rotatable bonds is 5. The van der Waals surface area contributed by atoms with Gasteiger partial charge in [0.05, 0.1) is 5.02 Å². The number of hydrogen-bond donors (Lipinski definition) is 2. The number of anilines is 3. The van der Waals surface area contributed by atoms with Crippen molar-refractivity contribution in [3.05, 3.63) is 39.6 Å². The van der Waals surface area contributed by atoms with Gasteiger partial charge in [-0.3, -0.25) is 0 Å². The molecule has 4 nitrogen and oxygen atoms in total. The van der Waals surface area contributed by atoms with Crippen molar-refractivity contribution < 1.29 is 0 Å². The number of nitrogens with one attached hydrogen (secondary N) is 2. The minimum Gasteiger partial charge on any atom is -0.370 e. The molecule has 0 fully saturated rings. The van der Waals surface area contributed by atoms with E-state index in [4.69, 9.17) is 11.6 Å². The van der Waals surface area contributed by atoms with Crippen LogP contribution in [-0.4, -0.2) is 16.5 Å². The van der Waals surface area contributed by atoms with E-state index in [0.717, 1.165) is 40.6 Å². The smallest absolute Gasteiger partial charge is 0.136 e. The van der Waals surface area contributed by atoms with Crippen LogP contribution in [0.4, 0.5) is 17.3 Å². The number of aryl methyl sites for hydroxylation is 1. The van der Waals surface area contributed by atoms with E-state index in [1.54, 1.807) is 0 Å². The molecule has 0 bridgehead atoms. The summed E-state index contributed by atoms with van der Waals surface area (Å²) in [6, 6.07) is 7.56. The molecular weight excluding hydrogens is 340 g/mol. The summed E-state index contributed by atoms with van der Waals surface area (Å²) in [4.78, 5) is 8.89. The first-order chi connectivity index (χ1) is 9.62. The van der Waals surface area contributed by atoms with Crippen LogP contribution in [0.5, 0.6) is 0 Å². The Labute approximate surface area is 132 Å². The van der Waals surface area contributed by atoms with Crippen molar-refractivity contribution >= 4 is 44.9 Å². The minimum atomic E-state index is 0.681. The highest BCUT2D eigenvalue weighted by molar-refractivity contribution is 9.10. The summed E-state index contributed by atoms with van der Waals surface area (Å²) in [7, 11) is 0. The van der Waals surface area contributed by atoms with E-state index in [-0.39, 0.29) is 0 Å². The molecule has 0 spiro atoms. The number of aromatic nitrogens is 2. The first kappa shape index (κ1) is 15.1. The van der Waals surface area contributed by atoms with Gasteiger partial charge in [-0.1, -0.05) is 18.5 Å². The van der Waals surface area contributed by atoms with Gasteiger partial charge in [0.2, 0.25) is 0 Å². The van der Waals surface area contributed by atoms with Crippen LogP contribution in [0.1, 0.15) is 19.7 Å². The summed E-state index contributed by atoms with van der Waals surface area (Å²) in [6.45, 7) is 4.90. The molecular formula is C14H16BrClN4. The van der Waals surface area contributed by atoms with Crippen LogP contribution in [0.15, 0.2) is 28.7 Å². The Morgan fingerprint density at radius 1 is 1.15 bits per heavy atom. The maximum absolute atomic E-state index is 5.99. The molecule has 0 unspecified atom stereocenters. The van der Waals surface area contributed by atoms with E-state index in [2.05, 4.69) is 36.5 Å². The predicted octanol–water partition coefficient (Wildman–Crippen LogP) is 4.63. The molecule has 6 heteroatoms. The van der Waals surface area contributed by atoms with Gasteiger partial charge in [0, 0.05) is 29.2 Å². The molecule has 2 aromatic rings. The second kappa shape index (κ2) is 6.90. The van der Waals surface area contributed by atoms with E-state index in [1.807, 2.05) is 38.1 Å². The van der Waals surface area contributed by atoms with Crippen LogP contribution in [0.25, 0.3) is 0 Å². The third-order valence-corrected chi connectivity index (χ3v) is 3.85. The monoisotopic (exact) mass is 354 g/mol. The third-order valence-electron chi connectivity index (χ3n) is 2.64. The topological polar surface area (TPSA) is 49.8 Å². The van der Waals surface area contributed by atoms with Crippen molar-refractivity contribution in [3.63, 3.8) is 0 Å². The van der Waals surface area contributed by atoms with Crippen LogP contribution < -0.4 is 10.6 Å². The Bertz CT molecular complexity index is 604.